The highest BCUT2D eigenvalue weighted by Crippen LogP contribution is 2.41. The van der Waals surface area contributed by atoms with Crippen LogP contribution in [0.3, 0.4) is 0 Å². The minimum atomic E-state index is -0.119. The molecule has 0 radical (unpaired) electrons. The van der Waals surface area contributed by atoms with E-state index in [-0.39, 0.29) is 12.1 Å². The van der Waals surface area contributed by atoms with E-state index >= 15 is 0 Å². The van der Waals surface area contributed by atoms with Crippen LogP contribution in [-0.2, 0) is 0 Å². The molecular formula is C16H22N2OS. The van der Waals surface area contributed by atoms with Gasteiger partial charge in [-0.2, -0.15) is 0 Å². The number of aliphatic hydroxyl groups is 1. The summed E-state index contributed by atoms with van der Waals surface area (Å²) in [6.07, 6.45) is 2.71. The highest BCUT2D eigenvalue weighted by molar-refractivity contribution is 7.80. The van der Waals surface area contributed by atoms with Crippen molar-refractivity contribution in [3.63, 3.8) is 0 Å². The molecule has 4 atom stereocenters. The molecular weight excluding hydrogens is 268 g/mol. The molecule has 3 nitrogen and oxygen atoms in total. The zero-order valence-electron chi connectivity index (χ0n) is 11.6. The first-order valence-electron chi connectivity index (χ1n) is 7.40. The van der Waals surface area contributed by atoms with E-state index in [1.54, 1.807) is 0 Å². The Kier molecular flexibility index (Phi) is 4.06. The molecule has 1 heterocycles. The van der Waals surface area contributed by atoms with Gasteiger partial charge in [-0.1, -0.05) is 42.5 Å². The topological polar surface area (TPSA) is 49.5 Å². The Hall–Kier alpha value is -0.970. The van der Waals surface area contributed by atoms with Crippen LogP contribution in [0, 0.1) is 11.8 Å². The smallest absolute Gasteiger partial charge is 0.0746 e. The van der Waals surface area contributed by atoms with Crippen LogP contribution in [-0.4, -0.2) is 34.2 Å². The molecule has 0 bridgehead atoms. The molecule has 3 rings (SSSR count). The Morgan fingerprint density at radius 2 is 2.05 bits per heavy atom. The molecule has 4 heteroatoms. The predicted octanol–water partition coefficient (Wildman–Crippen LogP) is 2.11. The molecule has 2 fully saturated rings. The fourth-order valence-corrected chi connectivity index (χ4v) is 4.01. The third-order valence-electron chi connectivity index (χ3n) is 4.87. The summed E-state index contributed by atoms with van der Waals surface area (Å²) < 4.78 is 0. The van der Waals surface area contributed by atoms with Crippen LogP contribution >= 0.6 is 12.2 Å². The summed E-state index contributed by atoms with van der Waals surface area (Å²) in [5, 5.41) is 10.1. The second-order valence-electron chi connectivity index (χ2n) is 6.12. The molecule has 4 unspecified atom stereocenters. The maximum atomic E-state index is 10.1. The standard InChI is InChI=1S/C16H22N2OS/c17-16(20)8-14(11-4-2-1-3-5-11)18-9-12-6-7-15(19)13(12)10-18/h1-5,12-15,19H,6-10H2,(H2,17,20). The number of aliphatic hydroxyl groups excluding tert-OH is 1. The lowest BCUT2D eigenvalue weighted by Gasteiger charge is -2.29. The fraction of sp³-hybridized carbons (Fsp3) is 0.562. The minimum Gasteiger partial charge on any atom is -0.393 e. The summed E-state index contributed by atoms with van der Waals surface area (Å²) >= 11 is 5.13. The van der Waals surface area contributed by atoms with E-state index in [4.69, 9.17) is 18.0 Å². The number of rotatable bonds is 4. The normalized spacial score (nSPS) is 31.1. The first-order valence-corrected chi connectivity index (χ1v) is 7.81. The molecule has 3 N–H and O–H groups in total. The second kappa shape index (κ2) is 5.80. The van der Waals surface area contributed by atoms with Crippen molar-refractivity contribution in [3.8, 4) is 0 Å². The number of hydrogen-bond acceptors (Lipinski definition) is 3. The van der Waals surface area contributed by atoms with Gasteiger partial charge < -0.3 is 10.8 Å². The molecule has 20 heavy (non-hydrogen) atoms. The van der Waals surface area contributed by atoms with Gasteiger partial charge in [-0.15, -0.1) is 0 Å². The molecule has 1 aliphatic carbocycles. The van der Waals surface area contributed by atoms with Gasteiger partial charge in [0.1, 0.15) is 0 Å². The summed E-state index contributed by atoms with van der Waals surface area (Å²) in [6, 6.07) is 10.7. The first kappa shape index (κ1) is 14.0. The van der Waals surface area contributed by atoms with Crippen molar-refractivity contribution in [2.75, 3.05) is 13.1 Å². The van der Waals surface area contributed by atoms with Crippen LogP contribution in [0.1, 0.15) is 30.9 Å². The fourth-order valence-electron chi connectivity index (χ4n) is 3.85. The average Bonchev–Trinajstić information content (AvgIpc) is 3.00. The van der Waals surface area contributed by atoms with Crippen molar-refractivity contribution in [1.82, 2.24) is 4.90 Å². The quantitative estimate of drug-likeness (QED) is 0.834. The maximum absolute atomic E-state index is 10.1. The Labute approximate surface area is 125 Å². The van der Waals surface area contributed by atoms with Crippen LogP contribution in [0.15, 0.2) is 30.3 Å². The average molecular weight is 290 g/mol. The minimum absolute atomic E-state index is 0.119. The number of nitrogens with zero attached hydrogens (tertiary/aromatic N) is 1. The molecule has 2 aliphatic rings. The van der Waals surface area contributed by atoms with Gasteiger partial charge in [0.25, 0.3) is 0 Å². The molecule has 1 saturated carbocycles. The van der Waals surface area contributed by atoms with Crippen molar-refractivity contribution in [1.29, 1.82) is 0 Å². The van der Waals surface area contributed by atoms with Crippen molar-refractivity contribution in [2.45, 2.75) is 31.4 Å². The molecule has 0 aromatic heterocycles. The van der Waals surface area contributed by atoms with Crippen LogP contribution in [0.5, 0.6) is 0 Å². The third-order valence-corrected chi connectivity index (χ3v) is 5.03. The molecule has 1 aliphatic heterocycles. The van der Waals surface area contributed by atoms with Crippen LogP contribution in [0.4, 0.5) is 0 Å². The molecule has 108 valence electrons. The van der Waals surface area contributed by atoms with Gasteiger partial charge in [0.15, 0.2) is 0 Å². The van der Waals surface area contributed by atoms with E-state index < -0.39 is 0 Å². The van der Waals surface area contributed by atoms with Crippen LogP contribution in [0.2, 0.25) is 0 Å². The van der Waals surface area contributed by atoms with E-state index in [0.717, 1.165) is 32.4 Å². The number of fused-ring (bicyclic) bond motifs is 1. The van der Waals surface area contributed by atoms with Crippen molar-refractivity contribution >= 4 is 17.2 Å². The second-order valence-corrected chi connectivity index (χ2v) is 6.64. The molecule has 1 aromatic carbocycles. The van der Waals surface area contributed by atoms with Gasteiger partial charge in [-0.25, -0.2) is 0 Å². The monoisotopic (exact) mass is 290 g/mol. The van der Waals surface area contributed by atoms with E-state index in [0.29, 0.717) is 16.8 Å². The summed E-state index contributed by atoms with van der Waals surface area (Å²) in [7, 11) is 0. The highest BCUT2D eigenvalue weighted by atomic mass is 32.1. The van der Waals surface area contributed by atoms with Crippen molar-refractivity contribution in [3.05, 3.63) is 35.9 Å². The van der Waals surface area contributed by atoms with Crippen molar-refractivity contribution in [2.24, 2.45) is 17.6 Å². The summed E-state index contributed by atoms with van der Waals surface area (Å²) in [4.78, 5) is 3.03. The number of thiocarbonyl (C=S) groups is 1. The maximum Gasteiger partial charge on any atom is 0.0746 e. The van der Waals surface area contributed by atoms with Gasteiger partial charge in [0, 0.05) is 31.5 Å². The van der Waals surface area contributed by atoms with E-state index in [1.165, 1.54) is 5.56 Å². The Morgan fingerprint density at radius 3 is 2.70 bits per heavy atom. The molecule has 1 saturated heterocycles. The lowest BCUT2D eigenvalue weighted by atomic mass is 9.99. The predicted molar refractivity (Wildman–Crippen MR) is 84.4 cm³/mol. The van der Waals surface area contributed by atoms with Gasteiger partial charge in [0.05, 0.1) is 11.1 Å². The third kappa shape index (κ3) is 2.73. The van der Waals surface area contributed by atoms with E-state index in [2.05, 4.69) is 29.2 Å². The lowest BCUT2D eigenvalue weighted by molar-refractivity contribution is 0.118. The highest BCUT2D eigenvalue weighted by Gasteiger charge is 2.43. The van der Waals surface area contributed by atoms with Crippen molar-refractivity contribution < 1.29 is 5.11 Å². The number of likely N-dealkylation sites (tertiary alicyclic amines) is 1. The first-order chi connectivity index (χ1) is 9.65. The summed E-state index contributed by atoms with van der Waals surface area (Å²) in [5.74, 6) is 1.08. The van der Waals surface area contributed by atoms with Crippen LogP contribution in [0.25, 0.3) is 0 Å². The van der Waals surface area contributed by atoms with Crippen LogP contribution < -0.4 is 5.73 Å². The number of nitrogens with two attached hydrogens (primary N) is 1. The number of hydrogen-bond donors (Lipinski definition) is 2. The number of benzene rings is 1. The van der Waals surface area contributed by atoms with Gasteiger partial charge >= 0.3 is 0 Å². The van der Waals surface area contributed by atoms with Gasteiger partial charge in [0.2, 0.25) is 0 Å². The summed E-state index contributed by atoms with van der Waals surface area (Å²) in [6.45, 7) is 2.03. The molecule has 1 aromatic rings. The molecule has 0 amide bonds. The largest absolute Gasteiger partial charge is 0.393 e. The van der Waals surface area contributed by atoms with E-state index in [9.17, 15) is 5.11 Å². The Balaban J connectivity index is 1.79. The van der Waals surface area contributed by atoms with Gasteiger partial charge in [-0.3, -0.25) is 4.90 Å². The van der Waals surface area contributed by atoms with E-state index in [1.807, 2.05) is 6.07 Å². The summed E-state index contributed by atoms with van der Waals surface area (Å²) in [5.41, 5.74) is 7.07. The Bertz CT molecular complexity index is 479. The SMILES string of the molecule is NC(=S)CC(c1ccccc1)N1CC2CCC(O)C2C1. The zero-order chi connectivity index (χ0) is 14.1. The zero-order valence-corrected chi connectivity index (χ0v) is 12.4. The molecule has 0 spiro atoms. The Morgan fingerprint density at radius 1 is 1.30 bits per heavy atom. The lowest BCUT2D eigenvalue weighted by Crippen LogP contribution is -2.31. The van der Waals surface area contributed by atoms with Gasteiger partial charge in [-0.05, 0) is 24.3 Å².